The summed E-state index contributed by atoms with van der Waals surface area (Å²) in [5.74, 6) is -2.76. The normalized spacial score (nSPS) is 9.42. The Morgan fingerprint density at radius 1 is 1.00 bits per heavy atom. The van der Waals surface area contributed by atoms with E-state index >= 15 is 0 Å². The first-order chi connectivity index (χ1) is 5.15. The molecule has 0 unspecified atom stereocenters. The summed E-state index contributed by atoms with van der Waals surface area (Å²) in [6.07, 6.45) is 0. The summed E-state index contributed by atoms with van der Waals surface area (Å²) in [5.41, 5.74) is 0.254. The molecule has 1 aromatic carbocycles. The van der Waals surface area contributed by atoms with Crippen LogP contribution in [0.1, 0.15) is 5.56 Å². The summed E-state index contributed by atoms with van der Waals surface area (Å²) in [6.45, 7) is 0. The van der Waals surface area contributed by atoms with Gasteiger partial charge in [-0.15, -0.1) is 0 Å². The molecule has 0 nitrogen and oxygen atoms in total. The number of hydrogen-bond acceptors (Lipinski definition) is 0. The van der Waals surface area contributed by atoms with Gasteiger partial charge in [0, 0.05) is 0 Å². The fraction of sp³-hybridized carbons (Fsp3) is 0.143. The van der Waals surface area contributed by atoms with Crippen LogP contribution in [0, 0.1) is 17.5 Å². The van der Waals surface area contributed by atoms with Crippen LogP contribution in [0.25, 0.3) is 0 Å². The quantitative estimate of drug-likeness (QED) is 0.447. The fourth-order valence-corrected chi connectivity index (χ4v) is 1.56. The molecule has 0 spiro atoms. The molecule has 0 aliphatic heterocycles. The Bertz CT molecular complexity index is 278. The smallest absolute Gasteiger partial charge is 1.00 e. The third-order valence-corrected chi connectivity index (χ3v) is 2.49. The molecule has 0 saturated carbocycles. The Morgan fingerprint density at radius 3 is 2.00 bits per heavy atom. The van der Waals surface area contributed by atoms with Gasteiger partial charge in [-0.1, -0.05) is 0 Å². The van der Waals surface area contributed by atoms with Gasteiger partial charge >= 0.3 is 71.6 Å². The second-order valence-corrected chi connectivity index (χ2v) is 3.16. The third kappa shape index (κ3) is 2.46. The minimum atomic E-state index is -1.13. The molecule has 0 heterocycles. The van der Waals surface area contributed by atoms with Crippen molar-refractivity contribution < 1.29 is 43.9 Å². The van der Waals surface area contributed by atoms with Gasteiger partial charge in [-0.25, -0.2) is 0 Å². The average molecular weight is 246 g/mol. The van der Waals surface area contributed by atoms with Crippen LogP contribution in [-0.4, -0.2) is 0 Å². The summed E-state index contributed by atoms with van der Waals surface area (Å²) >= 11 is 0.835. The monoisotopic (exact) mass is 244 g/mol. The summed E-state index contributed by atoms with van der Waals surface area (Å²) in [4.78, 5) is 0. The first-order valence-electron chi connectivity index (χ1n) is 3.08. The van der Waals surface area contributed by atoms with E-state index in [1.54, 1.807) is 0 Å². The molecule has 0 saturated heterocycles. The molecule has 1 rings (SSSR count). The number of halogens is 4. The molecule has 62 valence electrons. The molecule has 0 atom stereocenters. The van der Waals surface area contributed by atoms with Crippen LogP contribution in [0.2, 0.25) is 0 Å². The molecule has 0 radical (unpaired) electrons. The van der Waals surface area contributed by atoms with Crippen molar-refractivity contribution in [3.63, 3.8) is 0 Å². The first-order valence-corrected chi connectivity index (χ1v) is 5.17. The van der Waals surface area contributed by atoms with E-state index in [0.29, 0.717) is 11.1 Å². The zero-order chi connectivity index (χ0) is 8.43. The summed E-state index contributed by atoms with van der Waals surface area (Å²) in [6, 6.07) is 1.49. The summed E-state index contributed by atoms with van der Waals surface area (Å²) < 4.78 is 37.4. The van der Waals surface area contributed by atoms with E-state index < -0.39 is 17.5 Å². The fourth-order valence-electron chi connectivity index (χ4n) is 0.755. The van der Waals surface area contributed by atoms with Crippen molar-refractivity contribution in [2.45, 2.75) is 5.02 Å². The zero-order valence-electron chi connectivity index (χ0n) is 6.08. The van der Waals surface area contributed by atoms with E-state index in [-0.39, 0.29) is 18.0 Å². The second-order valence-electron chi connectivity index (χ2n) is 2.11. The standard InChI is InChI=1S/C7H4F3.ClH.Zn/c1-4-2-6(9)7(10)3-5(4)8;;/h2-3H,1H2;1H;/q;;+1/p-1. The molecule has 0 aliphatic carbocycles. The maximum absolute atomic E-state index is 12.6. The number of benzene rings is 1. The summed E-state index contributed by atoms with van der Waals surface area (Å²) in [7, 11) is 0. The van der Waals surface area contributed by atoms with Gasteiger partial charge in [0.2, 0.25) is 0 Å². The Kier molecular flexibility index (Phi) is 4.80. The van der Waals surface area contributed by atoms with Gasteiger partial charge in [-0.2, -0.15) is 0 Å². The third-order valence-electron chi connectivity index (χ3n) is 1.36. The van der Waals surface area contributed by atoms with E-state index in [1.807, 2.05) is 0 Å². The Labute approximate surface area is 84.2 Å². The minimum absolute atomic E-state index is 0. The molecule has 0 bridgehead atoms. The van der Waals surface area contributed by atoms with Crippen LogP contribution in [0.5, 0.6) is 0 Å². The van der Waals surface area contributed by atoms with E-state index in [9.17, 15) is 13.2 Å². The van der Waals surface area contributed by atoms with E-state index in [4.69, 9.17) is 0 Å². The van der Waals surface area contributed by atoms with Crippen LogP contribution in [0.3, 0.4) is 0 Å². The van der Waals surface area contributed by atoms with Crippen molar-refractivity contribution in [1.29, 1.82) is 0 Å². The van der Waals surface area contributed by atoms with Gasteiger partial charge in [-0.3, -0.25) is 0 Å². The van der Waals surface area contributed by atoms with Crippen molar-refractivity contribution in [2.75, 3.05) is 0 Å². The molecule has 0 aromatic heterocycles. The Hall–Kier alpha value is -0.0766. The molecular formula is C7H4ClF3Zn. The van der Waals surface area contributed by atoms with Crippen molar-refractivity contribution >= 4 is 0 Å². The van der Waals surface area contributed by atoms with Crippen LogP contribution < -0.4 is 12.4 Å². The predicted octanol–water partition coefficient (Wildman–Crippen LogP) is -0.845. The second kappa shape index (κ2) is 4.83. The average Bonchev–Trinajstić information content (AvgIpc) is 1.97. The molecule has 0 N–H and O–H groups in total. The maximum Gasteiger partial charge on any atom is -1.00 e. The predicted molar refractivity (Wildman–Crippen MR) is 30.0 cm³/mol. The first kappa shape index (κ1) is 11.9. The van der Waals surface area contributed by atoms with E-state index in [1.165, 1.54) is 0 Å². The number of rotatable bonds is 1. The molecule has 12 heavy (non-hydrogen) atoms. The minimum Gasteiger partial charge on any atom is -1.00 e. The molecule has 0 aliphatic rings. The Morgan fingerprint density at radius 2 is 1.50 bits per heavy atom. The van der Waals surface area contributed by atoms with Crippen LogP contribution in [-0.2, 0) is 23.3 Å². The van der Waals surface area contributed by atoms with Crippen molar-refractivity contribution in [2.24, 2.45) is 0 Å². The van der Waals surface area contributed by atoms with Crippen LogP contribution >= 0.6 is 0 Å². The van der Waals surface area contributed by atoms with Crippen molar-refractivity contribution in [1.82, 2.24) is 0 Å². The number of hydrogen-bond donors (Lipinski definition) is 0. The van der Waals surface area contributed by atoms with Gasteiger partial charge in [0.1, 0.15) is 0 Å². The molecule has 1 aromatic rings. The van der Waals surface area contributed by atoms with Crippen LogP contribution in [0.15, 0.2) is 12.1 Å². The van der Waals surface area contributed by atoms with Crippen molar-refractivity contribution in [3.8, 4) is 0 Å². The largest absolute Gasteiger partial charge is 1.00 e. The molecule has 0 fully saturated rings. The zero-order valence-corrected chi connectivity index (χ0v) is 9.80. The van der Waals surface area contributed by atoms with Crippen molar-refractivity contribution in [3.05, 3.63) is 35.1 Å². The molecule has 5 heteroatoms. The van der Waals surface area contributed by atoms with Gasteiger partial charge in [0.15, 0.2) is 0 Å². The van der Waals surface area contributed by atoms with Gasteiger partial charge < -0.3 is 12.4 Å². The van der Waals surface area contributed by atoms with Gasteiger partial charge in [0.05, 0.1) is 0 Å². The molecular weight excluding hydrogens is 242 g/mol. The summed E-state index contributed by atoms with van der Waals surface area (Å²) in [5, 5.41) is 0.489. The van der Waals surface area contributed by atoms with E-state index in [2.05, 4.69) is 0 Å². The SMILES string of the molecule is Fc1cc(F)c([CH2][Zn+])cc1F.[Cl-]. The van der Waals surface area contributed by atoms with Crippen LogP contribution in [0.4, 0.5) is 13.2 Å². The Balaban J connectivity index is 0.00000121. The van der Waals surface area contributed by atoms with Gasteiger partial charge in [0.25, 0.3) is 0 Å². The van der Waals surface area contributed by atoms with E-state index in [0.717, 1.165) is 24.4 Å². The molecule has 0 amide bonds. The van der Waals surface area contributed by atoms with Gasteiger partial charge in [-0.05, 0) is 0 Å². The topological polar surface area (TPSA) is 0 Å². The maximum atomic E-state index is 12.6.